The number of anilines is 1. The van der Waals surface area contributed by atoms with E-state index in [1.165, 1.54) is 6.33 Å². The summed E-state index contributed by atoms with van der Waals surface area (Å²) >= 11 is 0. The molecule has 1 rings (SSSR count). The minimum Gasteiger partial charge on any atom is -0.368 e. The second-order valence-corrected chi connectivity index (χ2v) is 4.26. The Hall–Kier alpha value is -1.65. The van der Waals surface area contributed by atoms with E-state index in [9.17, 15) is 4.79 Å². The maximum atomic E-state index is 11.2. The van der Waals surface area contributed by atoms with Crippen LogP contribution in [0.5, 0.6) is 0 Å². The van der Waals surface area contributed by atoms with Crippen LogP contribution in [0, 0.1) is 0 Å². The van der Waals surface area contributed by atoms with Crippen molar-refractivity contribution in [1.82, 2.24) is 9.97 Å². The van der Waals surface area contributed by atoms with Gasteiger partial charge < -0.3 is 11.1 Å². The highest BCUT2D eigenvalue weighted by atomic mass is 16.1. The van der Waals surface area contributed by atoms with E-state index in [1.54, 1.807) is 13.8 Å². The SMILES string of the molecule is CCCc1cc(NC(C)(C)C(N)=O)ncn1. The molecule has 5 nitrogen and oxygen atoms in total. The number of amides is 1. The van der Waals surface area contributed by atoms with E-state index in [0.29, 0.717) is 5.82 Å². The first-order chi connectivity index (χ1) is 7.45. The number of nitrogens with two attached hydrogens (primary N) is 1. The number of primary amides is 1. The van der Waals surface area contributed by atoms with E-state index in [-0.39, 0.29) is 0 Å². The number of aromatic nitrogens is 2. The first-order valence-electron chi connectivity index (χ1n) is 5.34. The molecule has 0 bridgehead atoms. The highest BCUT2D eigenvalue weighted by Gasteiger charge is 2.24. The van der Waals surface area contributed by atoms with Gasteiger partial charge in [-0.3, -0.25) is 4.79 Å². The summed E-state index contributed by atoms with van der Waals surface area (Å²) in [5.74, 6) is 0.213. The molecule has 3 N–H and O–H groups in total. The van der Waals surface area contributed by atoms with Crippen molar-refractivity contribution in [2.75, 3.05) is 5.32 Å². The molecule has 0 aliphatic heterocycles. The van der Waals surface area contributed by atoms with Gasteiger partial charge in [0.25, 0.3) is 0 Å². The minimum absolute atomic E-state index is 0.414. The number of nitrogens with zero attached hydrogens (tertiary/aromatic N) is 2. The van der Waals surface area contributed by atoms with Crippen molar-refractivity contribution in [1.29, 1.82) is 0 Å². The van der Waals surface area contributed by atoms with Gasteiger partial charge in [0.2, 0.25) is 5.91 Å². The Kier molecular flexibility index (Phi) is 3.82. The normalized spacial score (nSPS) is 11.2. The van der Waals surface area contributed by atoms with E-state index in [0.717, 1.165) is 18.5 Å². The largest absolute Gasteiger partial charge is 0.368 e. The summed E-state index contributed by atoms with van der Waals surface area (Å²) in [4.78, 5) is 19.3. The molecule has 1 amide bonds. The number of aryl methyl sites for hydroxylation is 1. The first-order valence-corrected chi connectivity index (χ1v) is 5.34. The van der Waals surface area contributed by atoms with Gasteiger partial charge >= 0.3 is 0 Å². The molecule has 88 valence electrons. The van der Waals surface area contributed by atoms with Gasteiger partial charge in [0.05, 0.1) is 0 Å². The fourth-order valence-corrected chi connectivity index (χ4v) is 1.24. The summed E-state index contributed by atoms with van der Waals surface area (Å²) in [7, 11) is 0. The molecule has 0 aromatic carbocycles. The van der Waals surface area contributed by atoms with Gasteiger partial charge in [-0.2, -0.15) is 0 Å². The number of carbonyl (C=O) groups excluding carboxylic acids is 1. The van der Waals surface area contributed by atoms with Crippen LogP contribution in [0.2, 0.25) is 0 Å². The lowest BCUT2D eigenvalue weighted by atomic mass is 10.1. The van der Waals surface area contributed by atoms with E-state index in [2.05, 4.69) is 22.2 Å². The van der Waals surface area contributed by atoms with Crippen LogP contribution in [0.3, 0.4) is 0 Å². The molecule has 0 aliphatic carbocycles. The van der Waals surface area contributed by atoms with Crippen molar-refractivity contribution in [3.63, 3.8) is 0 Å². The van der Waals surface area contributed by atoms with Crippen LogP contribution in [0.1, 0.15) is 32.9 Å². The molecule has 0 unspecified atom stereocenters. The topological polar surface area (TPSA) is 80.9 Å². The molecule has 0 saturated heterocycles. The number of carbonyl (C=O) groups is 1. The van der Waals surface area contributed by atoms with E-state index in [4.69, 9.17) is 5.73 Å². The summed E-state index contributed by atoms with van der Waals surface area (Å²) in [6, 6.07) is 1.84. The molecular weight excluding hydrogens is 204 g/mol. The Bertz CT molecular complexity index is 376. The molecule has 0 aliphatic rings. The van der Waals surface area contributed by atoms with Crippen LogP contribution in [0.4, 0.5) is 5.82 Å². The lowest BCUT2D eigenvalue weighted by molar-refractivity contribution is -0.121. The highest BCUT2D eigenvalue weighted by Crippen LogP contribution is 2.13. The van der Waals surface area contributed by atoms with Crippen LogP contribution < -0.4 is 11.1 Å². The van der Waals surface area contributed by atoms with Gasteiger partial charge in [-0.05, 0) is 20.3 Å². The van der Waals surface area contributed by atoms with Crippen LogP contribution in [0.25, 0.3) is 0 Å². The average Bonchev–Trinajstić information content (AvgIpc) is 2.17. The van der Waals surface area contributed by atoms with Gasteiger partial charge in [-0.25, -0.2) is 9.97 Å². The standard InChI is InChI=1S/C11H18N4O/c1-4-5-8-6-9(14-7-13-8)15-11(2,3)10(12)16/h6-7H,4-5H2,1-3H3,(H2,12,16)(H,13,14,15). The quantitative estimate of drug-likeness (QED) is 0.781. The number of hydrogen-bond acceptors (Lipinski definition) is 4. The predicted molar refractivity (Wildman–Crippen MR) is 62.9 cm³/mol. The van der Waals surface area contributed by atoms with Crippen LogP contribution in [-0.2, 0) is 11.2 Å². The van der Waals surface area contributed by atoms with Crippen molar-refractivity contribution < 1.29 is 4.79 Å². The zero-order valence-corrected chi connectivity index (χ0v) is 9.95. The van der Waals surface area contributed by atoms with E-state index in [1.807, 2.05) is 6.07 Å². The molecule has 0 atom stereocenters. The van der Waals surface area contributed by atoms with E-state index < -0.39 is 11.4 Å². The zero-order valence-electron chi connectivity index (χ0n) is 9.95. The smallest absolute Gasteiger partial charge is 0.242 e. The molecule has 16 heavy (non-hydrogen) atoms. The fourth-order valence-electron chi connectivity index (χ4n) is 1.24. The second-order valence-electron chi connectivity index (χ2n) is 4.26. The third kappa shape index (κ3) is 3.18. The molecule has 1 aromatic rings. The van der Waals surface area contributed by atoms with Crippen molar-refractivity contribution in [2.24, 2.45) is 5.73 Å². The summed E-state index contributed by atoms with van der Waals surface area (Å²) < 4.78 is 0. The third-order valence-corrected chi connectivity index (χ3v) is 2.29. The predicted octanol–water partition coefficient (Wildman–Crippen LogP) is 1.10. The highest BCUT2D eigenvalue weighted by molar-refractivity contribution is 5.86. The summed E-state index contributed by atoms with van der Waals surface area (Å²) in [5.41, 5.74) is 5.42. The number of nitrogens with one attached hydrogen (secondary N) is 1. The maximum absolute atomic E-state index is 11.2. The van der Waals surface area contributed by atoms with Crippen molar-refractivity contribution in [3.8, 4) is 0 Å². The average molecular weight is 222 g/mol. The maximum Gasteiger partial charge on any atom is 0.242 e. The number of rotatable bonds is 5. The van der Waals surface area contributed by atoms with Crippen LogP contribution in [0.15, 0.2) is 12.4 Å². The van der Waals surface area contributed by atoms with Gasteiger partial charge in [-0.15, -0.1) is 0 Å². The van der Waals surface area contributed by atoms with Gasteiger partial charge in [-0.1, -0.05) is 13.3 Å². The Morgan fingerprint density at radius 3 is 2.75 bits per heavy atom. The Morgan fingerprint density at radius 1 is 1.50 bits per heavy atom. The van der Waals surface area contributed by atoms with Crippen molar-refractivity contribution in [3.05, 3.63) is 18.1 Å². The zero-order chi connectivity index (χ0) is 12.2. The molecular formula is C11H18N4O. The monoisotopic (exact) mass is 222 g/mol. The Labute approximate surface area is 95.5 Å². The molecule has 0 fully saturated rings. The lowest BCUT2D eigenvalue weighted by Gasteiger charge is -2.22. The van der Waals surface area contributed by atoms with E-state index >= 15 is 0 Å². The molecule has 0 saturated carbocycles. The Morgan fingerprint density at radius 2 is 2.19 bits per heavy atom. The molecule has 0 radical (unpaired) electrons. The van der Waals surface area contributed by atoms with Gasteiger partial charge in [0, 0.05) is 11.8 Å². The Balaban J connectivity index is 2.81. The number of hydrogen-bond donors (Lipinski definition) is 2. The van der Waals surface area contributed by atoms with Crippen LogP contribution >= 0.6 is 0 Å². The molecule has 5 heteroatoms. The summed E-state index contributed by atoms with van der Waals surface area (Å²) in [6.45, 7) is 5.52. The summed E-state index contributed by atoms with van der Waals surface area (Å²) in [5, 5.41) is 2.99. The van der Waals surface area contributed by atoms with Gasteiger partial charge in [0.1, 0.15) is 17.7 Å². The second kappa shape index (κ2) is 4.92. The molecule has 1 heterocycles. The van der Waals surface area contributed by atoms with Gasteiger partial charge in [0.15, 0.2) is 0 Å². The molecule has 0 spiro atoms. The minimum atomic E-state index is -0.808. The third-order valence-electron chi connectivity index (χ3n) is 2.29. The van der Waals surface area contributed by atoms with Crippen molar-refractivity contribution in [2.45, 2.75) is 39.2 Å². The first kappa shape index (κ1) is 12.4. The summed E-state index contributed by atoms with van der Waals surface area (Å²) in [6.07, 6.45) is 3.41. The van der Waals surface area contributed by atoms with Crippen molar-refractivity contribution >= 4 is 11.7 Å². The fraction of sp³-hybridized carbons (Fsp3) is 0.545. The lowest BCUT2D eigenvalue weighted by Crippen LogP contribution is -2.45. The van der Waals surface area contributed by atoms with Crippen LogP contribution in [-0.4, -0.2) is 21.4 Å². The molecule has 1 aromatic heterocycles.